The molecule has 2 aromatic rings. The van der Waals surface area contributed by atoms with E-state index in [9.17, 15) is 4.55 Å². The van der Waals surface area contributed by atoms with Crippen LogP contribution in [0.25, 0.3) is 0 Å². The Morgan fingerprint density at radius 2 is 1.39 bits per heavy atom. The second kappa shape index (κ2) is 8.82. The number of benzene rings is 2. The third-order valence-corrected chi connectivity index (χ3v) is 6.46. The lowest BCUT2D eigenvalue weighted by Crippen LogP contribution is -2.20. The molecular formula is C16H15Cl4NOS. The summed E-state index contributed by atoms with van der Waals surface area (Å²) in [6, 6.07) is 10.4. The Morgan fingerprint density at radius 3 is 1.87 bits per heavy atom. The molecule has 0 radical (unpaired) electrons. The van der Waals surface area contributed by atoms with Crippen LogP contribution >= 0.6 is 46.4 Å². The second-order valence-corrected chi connectivity index (χ2v) is 8.17. The maximum absolute atomic E-state index is 12.9. The monoisotopic (exact) mass is 409 g/mol. The van der Waals surface area contributed by atoms with E-state index in [4.69, 9.17) is 52.1 Å². The van der Waals surface area contributed by atoms with Gasteiger partial charge in [0.1, 0.15) is 11.0 Å². The van der Waals surface area contributed by atoms with Crippen LogP contribution in [0.5, 0.6) is 0 Å². The summed E-state index contributed by atoms with van der Waals surface area (Å²) < 4.78 is 12.9. The van der Waals surface area contributed by atoms with E-state index in [2.05, 4.69) is 0 Å². The number of nitrogens with two attached hydrogens (primary N) is 1. The fraction of sp³-hybridized carbons (Fsp3) is 0.250. The summed E-state index contributed by atoms with van der Waals surface area (Å²) in [5.41, 5.74) is 6.99. The summed E-state index contributed by atoms with van der Waals surface area (Å²) in [6.07, 6.45) is 0.498. The zero-order chi connectivity index (χ0) is 17.0. The minimum absolute atomic E-state index is 0.213. The van der Waals surface area contributed by atoms with Gasteiger partial charge in [-0.1, -0.05) is 58.5 Å². The van der Waals surface area contributed by atoms with Crippen LogP contribution in [-0.2, 0) is 16.9 Å². The summed E-state index contributed by atoms with van der Waals surface area (Å²) in [4.78, 5) is 0. The number of rotatable bonds is 6. The van der Waals surface area contributed by atoms with Gasteiger partial charge >= 0.3 is 0 Å². The minimum Gasteiger partial charge on any atom is -0.616 e. The van der Waals surface area contributed by atoms with Crippen LogP contribution in [0.3, 0.4) is 0 Å². The topological polar surface area (TPSA) is 49.1 Å². The molecule has 2 rings (SSSR count). The van der Waals surface area contributed by atoms with Gasteiger partial charge in [-0.3, -0.25) is 0 Å². The molecule has 0 aliphatic heterocycles. The average molecular weight is 411 g/mol. The van der Waals surface area contributed by atoms with Crippen molar-refractivity contribution >= 4 is 57.6 Å². The van der Waals surface area contributed by atoms with Gasteiger partial charge in [0, 0.05) is 27.6 Å². The van der Waals surface area contributed by atoms with Crippen LogP contribution in [0.2, 0.25) is 20.1 Å². The number of hydrogen-bond donors (Lipinski definition) is 1. The SMILES string of the molecule is NCCC(c1c(Cl)cccc1Cl)[S+]([O-])Cc1c(Cl)cccc1Cl. The van der Waals surface area contributed by atoms with Crippen molar-refractivity contribution in [1.29, 1.82) is 0 Å². The molecule has 23 heavy (non-hydrogen) atoms. The molecule has 0 spiro atoms. The maximum Gasteiger partial charge on any atom is 0.145 e. The van der Waals surface area contributed by atoms with E-state index in [1.54, 1.807) is 36.4 Å². The van der Waals surface area contributed by atoms with Crippen molar-refractivity contribution < 1.29 is 4.55 Å². The Kier molecular flexibility index (Phi) is 7.36. The molecule has 0 heterocycles. The van der Waals surface area contributed by atoms with E-state index in [0.717, 1.165) is 0 Å². The molecule has 0 fully saturated rings. The van der Waals surface area contributed by atoms with E-state index in [1.165, 1.54) is 0 Å². The van der Waals surface area contributed by atoms with E-state index in [0.29, 0.717) is 44.2 Å². The van der Waals surface area contributed by atoms with Crippen LogP contribution in [-0.4, -0.2) is 11.1 Å². The van der Waals surface area contributed by atoms with Gasteiger partial charge in [0.05, 0.1) is 10.0 Å². The molecule has 2 aromatic carbocycles. The molecule has 0 aliphatic carbocycles. The largest absolute Gasteiger partial charge is 0.616 e. The van der Waals surface area contributed by atoms with E-state index in [1.807, 2.05) is 0 Å². The summed E-state index contributed by atoms with van der Waals surface area (Å²) >= 11 is 23.5. The molecule has 2 N–H and O–H groups in total. The minimum atomic E-state index is -1.32. The van der Waals surface area contributed by atoms with Gasteiger partial charge in [0.25, 0.3) is 0 Å². The lowest BCUT2D eigenvalue weighted by atomic mass is 10.1. The lowest BCUT2D eigenvalue weighted by Gasteiger charge is -2.24. The van der Waals surface area contributed by atoms with Crippen molar-refractivity contribution in [3.63, 3.8) is 0 Å². The first-order valence-corrected chi connectivity index (χ1v) is 9.79. The molecule has 0 saturated heterocycles. The number of halogens is 4. The fourth-order valence-corrected chi connectivity index (χ4v) is 5.48. The van der Waals surface area contributed by atoms with Gasteiger partial charge in [-0.2, -0.15) is 0 Å². The Hall–Kier alpha value is -0.130. The molecule has 2 unspecified atom stereocenters. The Bertz CT molecular complexity index is 643. The first kappa shape index (κ1) is 19.2. The highest BCUT2D eigenvalue weighted by atomic mass is 35.5. The van der Waals surface area contributed by atoms with Crippen LogP contribution in [0, 0.1) is 0 Å². The summed E-state index contributed by atoms with van der Waals surface area (Å²) in [5, 5.41) is 1.56. The van der Waals surface area contributed by atoms with Crippen molar-refractivity contribution in [3.8, 4) is 0 Å². The zero-order valence-electron chi connectivity index (χ0n) is 12.1. The van der Waals surface area contributed by atoms with Crippen molar-refractivity contribution in [1.82, 2.24) is 0 Å². The van der Waals surface area contributed by atoms with E-state index >= 15 is 0 Å². The molecule has 7 heteroatoms. The predicted molar refractivity (Wildman–Crippen MR) is 101 cm³/mol. The zero-order valence-corrected chi connectivity index (χ0v) is 15.9. The van der Waals surface area contributed by atoms with Crippen LogP contribution in [0.1, 0.15) is 22.8 Å². The third-order valence-electron chi connectivity index (χ3n) is 3.42. The van der Waals surface area contributed by atoms with Crippen molar-refractivity contribution in [2.75, 3.05) is 6.54 Å². The standard InChI is InChI=1S/C16H15Cl4NOS/c17-11-3-1-4-12(18)10(11)9-23(22)15(7-8-21)16-13(19)5-2-6-14(16)20/h1-6,15H,7-9,21H2. The van der Waals surface area contributed by atoms with Crippen LogP contribution < -0.4 is 5.73 Å². The smallest absolute Gasteiger partial charge is 0.145 e. The second-order valence-electron chi connectivity index (χ2n) is 4.93. The molecule has 2 nitrogen and oxygen atoms in total. The lowest BCUT2D eigenvalue weighted by molar-refractivity contribution is 0.574. The van der Waals surface area contributed by atoms with Crippen molar-refractivity contribution in [2.24, 2.45) is 5.73 Å². The van der Waals surface area contributed by atoms with Crippen molar-refractivity contribution in [2.45, 2.75) is 17.4 Å². The third kappa shape index (κ3) is 4.70. The highest BCUT2D eigenvalue weighted by Crippen LogP contribution is 2.39. The van der Waals surface area contributed by atoms with Gasteiger partial charge in [-0.15, -0.1) is 0 Å². The first-order valence-electron chi connectivity index (χ1n) is 6.89. The van der Waals surface area contributed by atoms with Gasteiger partial charge in [0.15, 0.2) is 0 Å². The molecular weight excluding hydrogens is 396 g/mol. The Labute approximate surface area is 159 Å². The number of hydrogen-bond acceptors (Lipinski definition) is 2. The average Bonchev–Trinajstić information content (AvgIpc) is 2.50. The van der Waals surface area contributed by atoms with Gasteiger partial charge in [-0.05, 0) is 42.0 Å². The van der Waals surface area contributed by atoms with E-state index in [-0.39, 0.29) is 11.0 Å². The molecule has 0 aromatic heterocycles. The first-order chi connectivity index (χ1) is 11.0. The summed E-state index contributed by atoms with van der Waals surface area (Å²) in [7, 11) is 0. The van der Waals surface area contributed by atoms with Crippen LogP contribution in [0.15, 0.2) is 36.4 Å². The summed E-state index contributed by atoms with van der Waals surface area (Å²) in [6.45, 7) is 0.369. The Morgan fingerprint density at radius 1 is 0.913 bits per heavy atom. The van der Waals surface area contributed by atoms with Gasteiger partial charge in [0.2, 0.25) is 0 Å². The maximum atomic E-state index is 12.9. The van der Waals surface area contributed by atoms with Gasteiger partial charge in [-0.25, -0.2) is 0 Å². The fourth-order valence-electron chi connectivity index (χ4n) is 2.29. The molecule has 0 bridgehead atoms. The quantitative estimate of drug-likeness (QED) is 0.626. The Balaban J connectivity index is 2.34. The van der Waals surface area contributed by atoms with Crippen LogP contribution in [0.4, 0.5) is 0 Å². The van der Waals surface area contributed by atoms with Gasteiger partial charge < -0.3 is 10.3 Å². The molecule has 0 saturated carbocycles. The van der Waals surface area contributed by atoms with E-state index < -0.39 is 11.2 Å². The molecule has 2 atom stereocenters. The molecule has 0 aliphatic rings. The summed E-state index contributed by atoms with van der Waals surface area (Å²) in [5.74, 6) is 0.213. The predicted octanol–water partition coefficient (Wildman–Crippen LogP) is 5.64. The molecule has 0 amide bonds. The van der Waals surface area contributed by atoms with Crippen molar-refractivity contribution in [3.05, 3.63) is 67.6 Å². The highest BCUT2D eigenvalue weighted by molar-refractivity contribution is 7.90. The highest BCUT2D eigenvalue weighted by Gasteiger charge is 2.29. The normalized spacial score (nSPS) is 13.8. The molecule has 124 valence electrons.